The smallest absolute Gasteiger partial charge is 0.111 e. The van der Waals surface area contributed by atoms with Crippen LogP contribution < -0.4 is 4.90 Å². The van der Waals surface area contributed by atoms with Crippen molar-refractivity contribution in [2.45, 2.75) is 51.1 Å². The van der Waals surface area contributed by atoms with E-state index in [2.05, 4.69) is 37.5 Å². The maximum atomic E-state index is 5.00. The molecule has 1 aromatic carbocycles. The number of benzene rings is 1. The molecule has 2 saturated carbocycles. The highest BCUT2D eigenvalue weighted by Gasteiger charge is 2.28. The minimum Gasteiger partial charge on any atom is -0.369 e. The van der Waals surface area contributed by atoms with Crippen molar-refractivity contribution < 1.29 is 0 Å². The summed E-state index contributed by atoms with van der Waals surface area (Å²) in [5, 5.41) is 0. The molecular weight excluding hydrogens is 346 g/mol. The molecule has 2 aromatic rings. The third-order valence-electron chi connectivity index (χ3n) is 7.59. The molecule has 0 spiro atoms. The van der Waals surface area contributed by atoms with Crippen LogP contribution in [-0.4, -0.2) is 71.2 Å². The summed E-state index contributed by atoms with van der Waals surface area (Å²) in [6.45, 7) is 9.56. The molecule has 150 valence electrons. The van der Waals surface area contributed by atoms with Crippen LogP contribution in [-0.2, 0) is 13.0 Å². The summed E-state index contributed by atoms with van der Waals surface area (Å²) < 4.78 is 2.51. The molecule has 2 aliphatic carbocycles. The fourth-order valence-corrected chi connectivity index (χ4v) is 5.35. The van der Waals surface area contributed by atoms with E-state index in [9.17, 15) is 0 Å². The second-order valence-electron chi connectivity index (χ2n) is 9.45. The van der Waals surface area contributed by atoms with Crippen molar-refractivity contribution in [3.63, 3.8) is 0 Å². The summed E-state index contributed by atoms with van der Waals surface area (Å²) in [5.74, 6) is 2.30. The summed E-state index contributed by atoms with van der Waals surface area (Å²) in [4.78, 5) is 13.0. The molecule has 0 radical (unpaired) electrons. The van der Waals surface area contributed by atoms with Gasteiger partial charge in [0.15, 0.2) is 0 Å². The first-order chi connectivity index (χ1) is 13.8. The van der Waals surface area contributed by atoms with E-state index in [4.69, 9.17) is 4.98 Å². The van der Waals surface area contributed by atoms with Crippen LogP contribution >= 0.6 is 0 Å². The van der Waals surface area contributed by atoms with E-state index in [-0.39, 0.29) is 0 Å². The van der Waals surface area contributed by atoms with Crippen LogP contribution in [0.15, 0.2) is 18.2 Å². The minimum atomic E-state index is 0.846. The zero-order chi connectivity index (χ0) is 18.5. The van der Waals surface area contributed by atoms with Crippen LogP contribution in [0.1, 0.15) is 37.9 Å². The summed E-state index contributed by atoms with van der Waals surface area (Å²) in [5.41, 5.74) is 3.92. The number of hydrogen-bond donors (Lipinski definition) is 0. The Morgan fingerprint density at radius 1 is 0.893 bits per heavy atom. The quantitative estimate of drug-likeness (QED) is 0.816. The van der Waals surface area contributed by atoms with Crippen LogP contribution in [0.25, 0.3) is 11.0 Å². The van der Waals surface area contributed by atoms with Gasteiger partial charge in [0.1, 0.15) is 5.82 Å². The van der Waals surface area contributed by atoms with Crippen LogP contribution in [0.2, 0.25) is 0 Å². The maximum absolute atomic E-state index is 5.00. The predicted molar refractivity (Wildman–Crippen MR) is 114 cm³/mol. The lowest BCUT2D eigenvalue weighted by atomic mass is 9.91. The Labute approximate surface area is 168 Å². The monoisotopic (exact) mass is 379 g/mol. The largest absolute Gasteiger partial charge is 0.369 e. The number of hydrogen-bond acceptors (Lipinski definition) is 4. The van der Waals surface area contributed by atoms with E-state index in [0.717, 1.165) is 38.0 Å². The molecule has 2 aliphatic heterocycles. The first-order valence-electron chi connectivity index (χ1n) is 11.5. The van der Waals surface area contributed by atoms with Crippen molar-refractivity contribution in [3.05, 3.63) is 24.0 Å². The SMILES string of the molecule is c1cc2nc3n(c2cc1N1CCN(CC2CC2)CC1)CCN(C1CCC1)CC3. The van der Waals surface area contributed by atoms with Crippen LogP contribution in [0, 0.1) is 5.92 Å². The highest BCUT2D eigenvalue weighted by Crippen LogP contribution is 2.31. The molecule has 1 saturated heterocycles. The third-order valence-corrected chi connectivity index (χ3v) is 7.59. The van der Waals surface area contributed by atoms with Crippen molar-refractivity contribution in [3.8, 4) is 0 Å². The van der Waals surface area contributed by atoms with E-state index in [1.165, 1.54) is 87.4 Å². The van der Waals surface area contributed by atoms with Gasteiger partial charge in [-0.25, -0.2) is 4.98 Å². The molecule has 3 heterocycles. The summed E-state index contributed by atoms with van der Waals surface area (Å²) in [6.07, 6.45) is 8.24. The Morgan fingerprint density at radius 2 is 1.75 bits per heavy atom. The molecule has 5 nitrogen and oxygen atoms in total. The number of piperazine rings is 1. The van der Waals surface area contributed by atoms with Crippen molar-refractivity contribution in [1.29, 1.82) is 0 Å². The van der Waals surface area contributed by atoms with Crippen molar-refractivity contribution >= 4 is 16.7 Å². The molecule has 28 heavy (non-hydrogen) atoms. The van der Waals surface area contributed by atoms with Gasteiger partial charge in [-0.2, -0.15) is 0 Å². The van der Waals surface area contributed by atoms with Gasteiger partial charge in [-0.3, -0.25) is 9.80 Å². The molecule has 1 aromatic heterocycles. The highest BCUT2D eigenvalue weighted by molar-refractivity contribution is 5.80. The summed E-state index contributed by atoms with van der Waals surface area (Å²) >= 11 is 0. The Bertz CT molecular complexity index is 842. The van der Waals surface area contributed by atoms with Gasteiger partial charge in [-0.15, -0.1) is 0 Å². The zero-order valence-electron chi connectivity index (χ0n) is 17.0. The molecule has 0 N–H and O–H groups in total. The third kappa shape index (κ3) is 3.22. The number of nitrogens with zero attached hydrogens (tertiary/aromatic N) is 5. The van der Waals surface area contributed by atoms with Crippen LogP contribution in [0.3, 0.4) is 0 Å². The van der Waals surface area contributed by atoms with Gasteiger partial charge in [0.05, 0.1) is 11.0 Å². The van der Waals surface area contributed by atoms with Gasteiger partial charge in [-0.05, 0) is 49.8 Å². The molecular formula is C23H33N5. The molecule has 4 aliphatic rings. The maximum Gasteiger partial charge on any atom is 0.111 e. The van der Waals surface area contributed by atoms with Gasteiger partial charge in [0, 0.05) is 70.5 Å². The average molecular weight is 380 g/mol. The van der Waals surface area contributed by atoms with Gasteiger partial charge < -0.3 is 9.47 Å². The number of aromatic nitrogens is 2. The van der Waals surface area contributed by atoms with Gasteiger partial charge >= 0.3 is 0 Å². The van der Waals surface area contributed by atoms with Gasteiger partial charge in [-0.1, -0.05) is 6.42 Å². The number of fused-ring (bicyclic) bond motifs is 3. The fourth-order valence-electron chi connectivity index (χ4n) is 5.35. The van der Waals surface area contributed by atoms with E-state index < -0.39 is 0 Å². The Morgan fingerprint density at radius 3 is 2.50 bits per heavy atom. The lowest BCUT2D eigenvalue weighted by Gasteiger charge is -2.36. The topological polar surface area (TPSA) is 27.5 Å². The van der Waals surface area contributed by atoms with Crippen molar-refractivity contribution in [2.24, 2.45) is 5.92 Å². The van der Waals surface area contributed by atoms with Gasteiger partial charge in [0.25, 0.3) is 0 Å². The molecule has 6 rings (SSSR count). The van der Waals surface area contributed by atoms with Crippen LogP contribution in [0.4, 0.5) is 5.69 Å². The molecule has 0 atom stereocenters. The standard InChI is InChI=1S/C23H33N5/c1-2-19(3-1)26-9-8-23-24-21-7-6-20(16-22(21)28(23)15-14-26)27-12-10-25(11-13-27)17-18-4-5-18/h6-7,16,18-19H,1-5,8-15,17H2. The first-order valence-corrected chi connectivity index (χ1v) is 11.5. The molecule has 0 amide bonds. The minimum absolute atomic E-state index is 0.846. The van der Waals surface area contributed by atoms with Crippen molar-refractivity contribution in [2.75, 3.05) is 50.7 Å². The molecule has 5 heteroatoms. The van der Waals surface area contributed by atoms with E-state index >= 15 is 0 Å². The summed E-state index contributed by atoms with van der Waals surface area (Å²) in [7, 11) is 0. The van der Waals surface area contributed by atoms with Crippen molar-refractivity contribution in [1.82, 2.24) is 19.4 Å². The molecule has 0 bridgehead atoms. The predicted octanol–water partition coefficient (Wildman–Crippen LogP) is 2.98. The molecule has 3 fully saturated rings. The normalized spacial score (nSPS) is 24.9. The first kappa shape index (κ1) is 17.3. The number of rotatable bonds is 4. The van der Waals surface area contributed by atoms with E-state index in [1.54, 1.807) is 0 Å². The highest BCUT2D eigenvalue weighted by atomic mass is 15.3. The van der Waals surface area contributed by atoms with Crippen LogP contribution in [0.5, 0.6) is 0 Å². The van der Waals surface area contributed by atoms with E-state index in [1.807, 2.05) is 0 Å². The lowest BCUT2D eigenvalue weighted by Crippen LogP contribution is -2.47. The van der Waals surface area contributed by atoms with E-state index in [0.29, 0.717) is 0 Å². The second kappa shape index (κ2) is 7.03. The molecule has 0 unspecified atom stereocenters. The Hall–Kier alpha value is -1.59. The fraction of sp³-hybridized carbons (Fsp3) is 0.696. The van der Waals surface area contributed by atoms with Gasteiger partial charge in [0.2, 0.25) is 0 Å². The average Bonchev–Trinajstić information content (AvgIpc) is 3.45. The zero-order valence-corrected chi connectivity index (χ0v) is 17.0. The lowest BCUT2D eigenvalue weighted by molar-refractivity contribution is 0.130. The number of imidazole rings is 1. The second-order valence-corrected chi connectivity index (χ2v) is 9.45. The Kier molecular flexibility index (Phi) is 4.34. The Balaban J connectivity index is 1.19. The number of anilines is 1. The summed E-state index contributed by atoms with van der Waals surface area (Å²) in [6, 6.07) is 7.82.